The Bertz CT molecular complexity index is 905. The van der Waals surface area contributed by atoms with Crippen molar-refractivity contribution in [1.29, 1.82) is 0 Å². The van der Waals surface area contributed by atoms with Gasteiger partial charge in [-0.2, -0.15) is 13.2 Å². The van der Waals surface area contributed by atoms with Crippen molar-refractivity contribution in [2.75, 3.05) is 17.7 Å². The van der Waals surface area contributed by atoms with E-state index in [0.29, 0.717) is 11.3 Å². The Balaban J connectivity index is 1.65. The molecular formula is C16H12F3N3OS. The van der Waals surface area contributed by atoms with Crippen LogP contribution in [0.2, 0.25) is 0 Å². The van der Waals surface area contributed by atoms with Crippen molar-refractivity contribution in [3.05, 3.63) is 47.5 Å². The number of hydrogen-bond acceptors (Lipinski definition) is 5. The number of fused-ring (bicyclic) bond motifs is 3. The van der Waals surface area contributed by atoms with Gasteiger partial charge < -0.3 is 15.4 Å². The highest BCUT2D eigenvalue weighted by atomic mass is 32.1. The molecule has 1 atom stereocenters. The molecule has 0 aliphatic carbocycles. The fourth-order valence-electron chi connectivity index (χ4n) is 2.61. The lowest BCUT2D eigenvalue weighted by atomic mass is 10.1. The van der Waals surface area contributed by atoms with E-state index in [0.717, 1.165) is 33.2 Å². The Morgan fingerprint density at radius 1 is 1.17 bits per heavy atom. The SMILES string of the molecule is CNc1nc2c3c(ccc2s1)OC(c1ccc(C(F)(F)F)cc1)N3. The van der Waals surface area contributed by atoms with E-state index in [9.17, 15) is 13.2 Å². The minimum atomic E-state index is -4.35. The van der Waals surface area contributed by atoms with Gasteiger partial charge in [-0.1, -0.05) is 23.5 Å². The van der Waals surface area contributed by atoms with Gasteiger partial charge in [0, 0.05) is 12.6 Å². The Morgan fingerprint density at radius 3 is 2.58 bits per heavy atom. The van der Waals surface area contributed by atoms with Crippen molar-refractivity contribution in [2.45, 2.75) is 12.4 Å². The van der Waals surface area contributed by atoms with Gasteiger partial charge in [-0.15, -0.1) is 0 Å². The summed E-state index contributed by atoms with van der Waals surface area (Å²) >= 11 is 1.52. The maximum absolute atomic E-state index is 12.7. The van der Waals surface area contributed by atoms with Gasteiger partial charge in [-0.3, -0.25) is 0 Å². The first-order valence-corrected chi connectivity index (χ1v) is 7.99. The topological polar surface area (TPSA) is 46.2 Å². The molecule has 2 heterocycles. The Labute approximate surface area is 139 Å². The summed E-state index contributed by atoms with van der Waals surface area (Å²) in [6.45, 7) is 0. The molecule has 1 aliphatic heterocycles. The standard InChI is InChI=1S/C16H12F3N3OS/c1-20-15-22-13-11(24-15)7-6-10-12(13)21-14(23-10)8-2-4-9(5-3-8)16(17,18)19/h2-7,14,21H,1H3,(H,20,22). The van der Waals surface area contributed by atoms with Gasteiger partial charge >= 0.3 is 6.18 Å². The lowest BCUT2D eigenvalue weighted by Gasteiger charge is -2.13. The summed E-state index contributed by atoms with van der Waals surface area (Å²) in [7, 11) is 1.80. The summed E-state index contributed by atoms with van der Waals surface area (Å²) in [6, 6.07) is 8.71. The third kappa shape index (κ3) is 2.43. The van der Waals surface area contributed by atoms with Gasteiger partial charge in [0.05, 0.1) is 10.3 Å². The molecule has 0 saturated carbocycles. The highest BCUT2D eigenvalue weighted by molar-refractivity contribution is 7.22. The van der Waals surface area contributed by atoms with E-state index < -0.39 is 18.0 Å². The fourth-order valence-corrected chi connectivity index (χ4v) is 3.43. The lowest BCUT2D eigenvalue weighted by molar-refractivity contribution is -0.137. The molecule has 0 radical (unpaired) electrons. The van der Waals surface area contributed by atoms with Gasteiger partial charge in [0.25, 0.3) is 0 Å². The second kappa shape index (κ2) is 5.27. The molecule has 24 heavy (non-hydrogen) atoms. The zero-order valence-corrected chi connectivity index (χ0v) is 13.3. The maximum atomic E-state index is 12.7. The molecule has 1 unspecified atom stereocenters. The number of halogens is 3. The van der Waals surface area contributed by atoms with Crippen LogP contribution in [0.25, 0.3) is 10.2 Å². The van der Waals surface area contributed by atoms with Crippen LogP contribution >= 0.6 is 11.3 Å². The number of benzene rings is 2. The van der Waals surface area contributed by atoms with Crippen LogP contribution in [-0.4, -0.2) is 12.0 Å². The molecule has 0 amide bonds. The van der Waals surface area contributed by atoms with E-state index in [1.54, 1.807) is 7.05 Å². The Morgan fingerprint density at radius 2 is 1.92 bits per heavy atom. The van der Waals surface area contributed by atoms with Crippen molar-refractivity contribution < 1.29 is 17.9 Å². The quantitative estimate of drug-likeness (QED) is 0.692. The van der Waals surface area contributed by atoms with E-state index in [-0.39, 0.29) is 0 Å². The van der Waals surface area contributed by atoms with Crippen LogP contribution in [0.15, 0.2) is 36.4 Å². The number of hydrogen-bond donors (Lipinski definition) is 2. The molecule has 0 spiro atoms. The first-order chi connectivity index (χ1) is 11.5. The molecule has 0 saturated heterocycles. The van der Waals surface area contributed by atoms with Crippen molar-refractivity contribution in [3.8, 4) is 5.75 Å². The van der Waals surface area contributed by atoms with Crippen LogP contribution < -0.4 is 15.4 Å². The molecular weight excluding hydrogens is 339 g/mol. The average Bonchev–Trinajstić information content (AvgIpc) is 3.17. The van der Waals surface area contributed by atoms with Crippen LogP contribution in [0.3, 0.4) is 0 Å². The van der Waals surface area contributed by atoms with E-state index in [1.165, 1.54) is 23.5 Å². The van der Waals surface area contributed by atoms with Crippen molar-refractivity contribution in [3.63, 3.8) is 0 Å². The summed E-state index contributed by atoms with van der Waals surface area (Å²) in [4.78, 5) is 4.49. The Hall–Kier alpha value is -2.48. The minimum absolute atomic E-state index is 0.535. The van der Waals surface area contributed by atoms with Crippen LogP contribution in [0.5, 0.6) is 5.75 Å². The predicted molar refractivity (Wildman–Crippen MR) is 87.6 cm³/mol. The molecule has 1 aliphatic rings. The molecule has 3 aromatic rings. The molecule has 0 bridgehead atoms. The van der Waals surface area contributed by atoms with Crippen LogP contribution in [0.1, 0.15) is 17.4 Å². The number of nitrogens with zero attached hydrogens (tertiary/aromatic N) is 1. The van der Waals surface area contributed by atoms with Crippen molar-refractivity contribution in [1.82, 2.24) is 4.98 Å². The second-order valence-corrected chi connectivity index (χ2v) is 6.35. The van der Waals surface area contributed by atoms with E-state index >= 15 is 0 Å². The van der Waals surface area contributed by atoms with Crippen LogP contribution in [0.4, 0.5) is 24.0 Å². The summed E-state index contributed by atoms with van der Waals surface area (Å²) in [5, 5.41) is 7.00. The lowest BCUT2D eigenvalue weighted by Crippen LogP contribution is -2.11. The van der Waals surface area contributed by atoms with Gasteiger partial charge in [-0.05, 0) is 24.3 Å². The van der Waals surface area contributed by atoms with Crippen LogP contribution in [-0.2, 0) is 6.18 Å². The predicted octanol–water partition coefficient (Wildman–Crippen LogP) is 4.86. The van der Waals surface area contributed by atoms with E-state index in [2.05, 4.69) is 15.6 Å². The van der Waals surface area contributed by atoms with Gasteiger partial charge in [0.15, 0.2) is 11.4 Å². The monoisotopic (exact) mass is 351 g/mol. The summed E-state index contributed by atoms with van der Waals surface area (Å²) in [5.41, 5.74) is 1.49. The summed E-state index contributed by atoms with van der Waals surface area (Å²) in [5.74, 6) is 0.639. The van der Waals surface area contributed by atoms with E-state index in [4.69, 9.17) is 4.74 Å². The van der Waals surface area contributed by atoms with Gasteiger partial charge in [-0.25, -0.2) is 4.98 Å². The first kappa shape index (κ1) is 15.1. The molecule has 4 nitrogen and oxygen atoms in total. The molecule has 2 N–H and O–H groups in total. The molecule has 4 rings (SSSR count). The number of aromatic nitrogens is 1. The number of anilines is 2. The number of alkyl halides is 3. The zero-order chi connectivity index (χ0) is 16.9. The molecule has 2 aromatic carbocycles. The third-order valence-electron chi connectivity index (χ3n) is 3.80. The highest BCUT2D eigenvalue weighted by Gasteiger charge is 2.31. The zero-order valence-electron chi connectivity index (χ0n) is 12.4. The minimum Gasteiger partial charge on any atom is -0.464 e. The van der Waals surface area contributed by atoms with Crippen LogP contribution in [0, 0.1) is 0 Å². The Kier molecular flexibility index (Phi) is 3.31. The van der Waals surface area contributed by atoms with Gasteiger partial charge in [0.1, 0.15) is 17.0 Å². The number of thiazole rings is 1. The van der Waals surface area contributed by atoms with E-state index in [1.807, 2.05) is 12.1 Å². The smallest absolute Gasteiger partial charge is 0.416 e. The third-order valence-corrected chi connectivity index (χ3v) is 4.84. The average molecular weight is 351 g/mol. The van der Waals surface area contributed by atoms with Crippen molar-refractivity contribution in [2.24, 2.45) is 0 Å². The van der Waals surface area contributed by atoms with Gasteiger partial charge in [0.2, 0.25) is 0 Å². The summed E-state index contributed by atoms with van der Waals surface area (Å²) < 4.78 is 44.8. The van der Waals surface area contributed by atoms with Crippen molar-refractivity contribution >= 4 is 32.4 Å². The number of nitrogens with one attached hydrogen (secondary N) is 2. The highest BCUT2D eigenvalue weighted by Crippen LogP contribution is 2.44. The fraction of sp³-hybridized carbons (Fsp3) is 0.188. The normalized spacial score (nSPS) is 16.6. The number of rotatable bonds is 2. The largest absolute Gasteiger partial charge is 0.464 e. The first-order valence-electron chi connectivity index (χ1n) is 7.17. The summed E-state index contributed by atoms with van der Waals surface area (Å²) in [6.07, 6.45) is -4.88. The second-order valence-electron chi connectivity index (χ2n) is 5.32. The number of ether oxygens (including phenoxy) is 1. The molecule has 0 fully saturated rings. The molecule has 1 aromatic heterocycles. The maximum Gasteiger partial charge on any atom is 0.416 e. The molecule has 8 heteroatoms. The molecule has 124 valence electrons.